The highest BCUT2D eigenvalue weighted by Gasteiger charge is 2.51. The maximum absolute atomic E-state index is 13.3. The van der Waals surface area contributed by atoms with Crippen LogP contribution in [0.5, 0.6) is 0 Å². The number of methoxy groups -OCH3 is 1. The molecule has 8 heteroatoms. The predicted octanol–water partition coefficient (Wildman–Crippen LogP) is 6.18. The molecule has 0 bridgehead atoms. The summed E-state index contributed by atoms with van der Waals surface area (Å²) in [6.07, 6.45) is -6.41. The van der Waals surface area contributed by atoms with Crippen LogP contribution in [0.1, 0.15) is 37.4 Å². The van der Waals surface area contributed by atoms with E-state index in [1.807, 2.05) is 91.0 Å². The molecule has 0 radical (unpaired) electrons. The Labute approximate surface area is 279 Å². The normalized spacial score (nSPS) is 20.8. The zero-order valence-corrected chi connectivity index (χ0v) is 26.3. The van der Waals surface area contributed by atoms with E-state index in [9.17, 15) is 14.7 Å². The lowest BCUT2D eigenvalue weighted by atomic mass is 9.80. The predicted molar refractivity (Wildman–Crippen MR) is 178 cm³/mol. The maximum Gasteiger partial charge on any atom is 0.338 e. The van der Waals surface area contributed by atoms with E-state index >= 15 is 0 Å². The van der Waals surface area contributed by atoms with Crippen LogP contribution in [0, 0.1) is 0 Å². The Morgan fingerprint density at radius 1 is 0.604 bits per heavy atom. The molecule has 0 amide bonds. The van der Waals surface area contributed by atoms with Crippen molar-refractivity contribution in [1.29, 1.82) is 0 Å². The Bertz CT molecular complexity index is 1650. The topological polar surface area (TPSA) is 101 Å². The fourth-order valence-electron chi connectivity index (χ4n) is 5.99. The van der Waals surface area contributed by atoms with E-state index in [2.05, 4.69) is 0 Å². The number of ether oxygens (including phenoxy) is 5. The number of esters is 2. The van der Waals surface area contributed by atoms with Gasteiger partial charge in [0.25, 0.3) is 0 Å². The second-order valence-corrected chi connectivity index (χ2v) is 11.3. The first-order valence-electron chi connectivity index (χ1n) is 15.7. The van der Waals surface area contributed by atoms with Gasteiger partial charge in [-0.15, -0.1) is 0 Å². The van der Waals surface area contributed by atoms with Crippen LogP contribution in [0.15, 0.2) is 152 Å². The first-order chi connectivity index (χ1) is 23.5. The fraction of sp³-hybridized carbons (Fsp3) is 0.200. The number of hydrogen-bond donors (Lipinski definition) is 1. The number of benzene rings is 5. The van der Waals surface area contributed by atoms with E-state index in [1.165, 1.54) is 7.11 Å². The van der Waals surface area contributed by atoms with Crippen molar-refractivity contribution in [2.45, 2.75) is 36.3 Å². The number of rotatable bonds is 11. The zero-order chi connectivity index (χ0) is 33.3. The van der Waals surface area contributed by atoms with Crippen LogP contribution in [0.2, 0.25) is 0 Å². The van der Waals surface area contributed by atoms with Gasteiger partial charge in [-0.2, -0.15) is 0 Å². The molecule has 5 aromatic rings. The minimum atomic E-state index is -1.47. The van der Waals surface area contributed by atoms with E-state index in [0.29, 0.717) is 0 Å². The summed E-state index contributed by atoms with van der Waals surface area (Å²) in [6, 6.07) is 46.1. The van der Waals surface area contributed by atoms with Gasteiger partial charge in [0.05, 0.1) is 17.7 Å². The average Bonchev–Trinajstić information content (AvgIpc) is 3.16. The molecule has 0 saturated carbocycles. The van der Waals surface area contributed by atoms with Crippen LogP contribution < -0.4 is 0 Å². The zero-order valence-electron chi connectivity index (χ0n) is 26.3. The van der Waals surface area contributed by atoms with Gasteiger partial charge in [0.1, 0.15) is 17.8 Å². The highest BCUT2D eigenvalue weighted by Crippen LogP contribution is 2.41. The fourth-order valence-corrected chi connectivity index (χ4v) is 5.99. The number of carbonyl (C=O) groups is 2. The van der Waals surface area contributed by atoms with Gasteiger partial charge in [0.15, 0.2) is 18.5 Å². The van der Waals surface area contributed by atoms with Crippen LogP contribution >= 0.6 is 0 Å². The van der Waals surface area contributed by atoms with Crippen LogP contribution in [-0.4, -0.2) is 61.5 Å². The summed E-state index contributed by atoms with van der Waals surface area (Å²) in [6.45, 7) is -0.154. The summed E-state index contributed by atoms with van der Waals surface area (Å²) in [4.78, 5) is 26.6. The molecule has 6 rings (SSSR count). The van der Waals surface area contributed by atoms with Crippen molar-refractivity contribution in [1.82, 2.24) is 0 Å². The van der Waals surface area contributed by atoms with Gasteiger partial charge < -0.3 is 28.8 Å². The molecule has 1 aliphatic rings. The quantitative estimate of drug-likeness (QED) is 0.135. The standard InChI is InChI=1S/C40H36O8/c1-44-39-36(48-38(43)29-19-9-3-10-20-29)35(47-37(42)28-17-7-2-8-18-28)34(41)33(46-39)27-45-40(30-21-11-4-12-22-30,31-23-13-5-14-24-31)32-25-15-6-16-26-32/h2-26,33-36,39,41H,27H2,1H3/t33-,34+,35+,36-,39+/m1/s1. The van der Waals surface area contributed by atoms with Gasteiger partial charge in [-0.3, -0.25) is 0 Å². The lowest BCUT2D eigenvalue weighted by Crippen LogP contribution is -2.62. The van der Waals surface area contributed by atoms with Crippen molar-refractivity contribution >= 4 is 11.9 Å². The number of hydrogen-bond acceptors (Lipinski definition) is 8. The Hall–Kier alpha value is -5.12. The smallest absolute Gasteiger partial charge is 0.338 e. The first kappa shape index (κ1) is 32.8. The van der Waals surface area contributed by atoms with Gasteiger partial charge in [-0.1, -0.05) is 127 Å². The van der Waals surface area contributed by atoms with Crippen molar-refractivity contribution in [2.24, 2.45) is 0 Å². The Balaban J connectivity index is 1.35. The molecular weight excluding hydrogens is 608 g/mol. The minimum Gasteiger partial charge on any atom is -0.452 e. The molecule has 5 atom stereocenters. The molecule has 48 heavy (non-hydrogen) atoms. The highest BCUT2D eigenvalue weighted by atomic mass is 16.7. The Morgan fingerprint density at radius 2 is 0.979 bits per heavy atom. The van der Waals surface area contributed by atoms with Crippen LogP contribution in [-0.2, 0) is 29.3 Å². The van der Waals surface area contributed by atoms with Crippen LogP contribution in [0.25, 0.3) is 0 Å². The minimum absolute atomic E-state index is 0.154. The van der Waals surface area contributed by atoms with Gasteiger partial charge in [-0.25, -0.2) is 9.59 Å². The van der Waals surface area contributed by atoms with Gasteiger partial charge in [-0.05, 0) is 41.0 Å². The molecule has 0 spiro atoms. The molecule has 244 valence electrons. The third-order valence-corrected chi connectivity index (χ3v) is 8.36. The molecule has 0 aromatic heterocycles. The lowest BCUT2D eigenvalue weighted by Gasteiger charge is -2.44. The van der Waals surface area contributed by atoms with Crippen LogP contribution in [0.3, 0.4) is 0 Å². The number of carbonyl (C=O) groups excluding carboxylic acids is 2. The highest BCUT2D eigenvalue weighted by molar-refractivity contribution is 5.90. The summed E-state index contributed by atoms with van der Waals surface area (Å²) in [5, 5.41) is 11.9. The first-order valence-corrected chi connectivity index (χ1v) is 15.7. The molecule has 1 fully saturated rings. The summed E-state index contributed by atoms with van der Waals surface area (Å²) in [5.74, 6) is -1.39. The van der Waals surface area contributed by atoms with Crippen molar-refractivity contribution in [3.8, 4) is 0 Å². The van der Waals surface area contributed by atoms with Crippen molar-refractivity contribution in [2.75, 3.05) is 13.7 Å². The Kier molecular flexibility index (Phi) is 10.4. The van der Waals surface area contributed by atoms with E-state index in [4.69, 9.17) is 23.7 Å². The summed E-state index contributed by atoms with van der Waals surface area (Å²) in [5.41, 5.74) is 2.01. The molecule has 0 aliphatic carbocycles. The number of aliphatic hydroxyl groups excluding tert-OH is 1. The molecule has 1 aliphatic heterocycles. The van der Waals surface area contributed by atoms with Crippen molar-refractivity contribution < 1.29 is 38.4 Å². The lowest BCUT2D eigenvalue weighted by molar-refractivity contribution is -0.297. The van der Waals surface area contributed by atoms with E-state index < -0.39 is 48.2 Å². The van der Waals surface area contributed by atoms with Gasteiger partial charge in [0, 0.05) is 7.11 Å². The molecule has 1 N–H and O–H groups in total. The Morgan fingerprint density at radius 3 is 1.38 bits per heavy atom. The molecule has 5 aromatic carbocycles. The third kappa shape index (κ3) is 6.93. The van der Waals surface area contributed by atoms with Crippen molar-refractivity contribution in [3.63, 3.8) is 0 Å². The van der Waals surface area contributed by atoms with E-state index in [1.54, 1.807) is 60.7 Å². The van der Waals surface area contributed by atoms with Crippen LogP contribution in [0.4, 0.5) is 0 Å². The third-order valence-electron chi connectivity index (χ3n) is 8.36. The SMILES string of the molecule is CO[C@H]1O[C@H](COC(c2ccccc2)(c2ccccc2)c2ccccc2)[C@H](O)[C@H](OC(=O)c2ccccc2)[C@H]1OC(=O)c1ccccc1. The second-order valence-electron chi connectivity index (χ2n) is 11.3. The van der Waals surface area contributed by atoms with E-state index in [-0.39, 0.29) is 17.7 Å². The molecular formula is C40H36O8. The molecule has 1 saturated heterocycles. The van der Waals surface area contributed by atoms with Crippen molar-refractivity contribution in [3.05, 3.63) is 179 Å². The van der Waals surface area contributed by atoms with Gasteiger partial charge >= 0.3 is 11.9 Å². The summed E-state index contributed by atoms with van der Waals surface area (Å²) in [7, 11) is 1.39. The van der Waals surface area contributed by atoms with E-state index in [0.717, 1.165) is 16.7 Å². The second kappa shape index (κ2) is 15.2. The monoisotopic (exact) mass is 644 g/mol. The summed E-state index contributed by atoms with van der Waals surface area (Å²) < 4.78 is 30.6. The molecule has 1 heterocycles. The maximum atomic E-state index is 13.3. The average molecular weight is 645 g/mol. The number of aliphatic hydroxyl groups is 1. The summed E-state index contributed by atoms with van der Waals surface area (Å²) >= 11 is 0. The molecule has 8 nitrogen and oxygen atoms in total. The van der Waals surface area contributed by atoms with Gasteiger partial charge in [0.2, 0.25) is 0 Å². The largest absolute Gasteiger partial charge is 0.452 e. The molecule has 0 unspecified atom stereocenters.